The first kappa shape index (κ1) is 17.2. The van der Waals surface area contributed by atoms with Crippen molar-refractivity contribution in [3.05, 3.63) is 119 Å². The van der Waals surface area contributed by atoms with Crippen molar-refractivity contribution in [2.45, 2.75) is 12.3 Å². The van der Waals surface area contributed by atoms with E-state index in [0.717, 1.165) is 17.0 Å². The van der Waals surface area contributed by atoms with Gasteiger partial charge in [-0.15, -0.1) is 0 Å². The Labute approximate surface area is 176 Å². The van der Waals surface area contributed by atoms with Gasteiger partial charge in [-0.05, 0) is 35.2 Å². The fraction of sp³-hybridized carbons (Fsp3) is 0.107. The molecule has 0 bridgehead atoms. The summed E-state index contributed by atoms with van der Waals surface area (Å²) >= 11 is 0. The van der Waals surface area contributed by atoms with Crippen LogP contribution >= 0.6 is 0 Å². The van der Waals surface area contributed by atoms with Gasteiger partial charge in [0.05, 0.1) is 5.56 Å². The highest BCUT2D eigenvalue weighted by Gasteiger charge is 2.43. The molecule has 0 N–H and O–H groups in total. The Balaban J connectivity index is 1.57. The van der Waals surface area contributed by atoms with E-state index in [-0.39, 0.29) is 5.41 Å². The van der Waals surface area contributed by atoms with Gasteiger partial charge in [0, 0.05) is 23.1 Å². The van der Waals surface area contributed by atoms with Crippen LogP contribution in [0.15, 0.2) is 97.1 Å². The van der Waals surface area contributed by atoms with Crippen LogP contribution in [0.1, 0.15) is 29.2 Å². The number of rotatable bonds is 2. The molecule has 4 aromatic carbocycles. The van der Waals surface area contributed by atoms with E-state index in [4.69, 9.17) is 4.74 Å². The van der Waals surface area contributed by atoms with Crippen LogP contribution in [-0.2, 0) is 5.41 Å². The summed E-state index contributed by atoms with van der Waals surface area (Å²) in [7, 11) is 0. The van der Waals surface area contributed by atoms with Crippen LogP contribution in [0.5, 0.6) is 5.75 Å². The molecule has 0 fully saturated rings. The highest BCUT2D eigenvalue weighted by Crippen LogP contribution is 2.54. The molecule has 1 aliphatic carbocycles. The van der Waals surface area contributed by atoms with E-state index in [1.165, 1.54) is 27.8 Å². The summed E-state index contributed by atoms with van der Waals surface area (Å²) < 4.78 is 8.58. The molecule has 2 aliphatic rings. The maximum absolute atomic E-state index is 6.42. The summed E-state index contributed by atoms with van der Waals surface area (Å²) in [6.45, 7) is 2.84. The molecule has 144 valence electrons. The molecule has 0 unspecified atom stereocenters. The molecule has 0 aromatic heterocycles. The van der Waals surface area contributed by atoms with Crippen molar-refractivity contribution >= 4 is 11.9 Å². The second-order valence-corrected chi connectivity index (χ2v) is 8.15. The molecule has 6 rings (SSSR count). The topological polar surface area (TPSA) is 12.2 Å². The van der Waals surface area contributed by atoms with Gasteiger partial charge in [-0.3, -0.25) is 0 Å². The Morgan fingerprint density at radius 1 is 0.667 bits per heavy atom. The second-order valence-electron chi connectivity index (χ2n) is 8.15. The third-order valence-electron chi connectivity index (χ3n) is 6.54. The van der Waals surface area contributed by atoms with Crippen molar-refractivity contribution in [2.75, 3.05) is 6.73 Å². The Hall–Kier alpha value is -3.65. The molecule has 4 aromatic rings. The van der Waals surface area contributed by atoms with E-state index in [9.17, 15) is 0 Å². The lowest BCUT2D eigenvalue weighted by Crippen LogP contribution is -2.27. The van der Waals surface area contributed by atoms with Crippen molar-refractivity contribution < 1.29 is 9.31 Å². The normalized spacial score (nSPS) is 15.4. The molecule has 1 heterocycles. The first-order valence-corrected chi connectivity index (χ1v) is 10.4. The third-order valence-corrected chi connectivity index (χ3v) is 6.54. The number of hydrogen-bond acceptors (Lipinski definition) is 1. The van der Waals surface area contributed by atoms with Crippen LogP contribution in [0.3, 0.4) is 0 Å². The lowest BCUT2D eigenvalue weighted by atomic mass is 9.73. The molecule has 0 saturated heterocycles. The number of hydrogen-bond donors (Lipinski definition) is 0. The first-order chi connectivity index (χ1) is 14.8. The highest BCUT2D eigenvalue weighted by molar-refractivity contribution is 5.87. The molecule has 0 spiro atoms. The van der Waals surface area contributed by atoms with Gasteiger partial charge in [0.2, 0.25) is 5.69 Å². The van der Waals surface area contributed by atoms with Crippen LogP contribution in [0.25, 0.3) is 11.1 Å². The maximum Gasteiger partial charge on any atom is 0.292 e. The molecule has 0 atom stereocenters. The minimum absolute atomic E-state index is 0.249. The Morgan fingerprint density at radius 2 is 1.27 bits per heavy atom. The van der Waals surface area contributed by atoms with Gasteiger partial charge in [0.1, 0.15) is 5.75 Å². The van der Waals surface area contributed by atoms with Crippen LogP contribution in [0, 0.1) is 0 Å². The molecule has 2 heteroatoms. The number of fused-ring (bicyclic) bond motifs is 4. The zero-order valence-corrected chi connectivity index (χ0v) is 16.9. The monoisotopic (exact) mass is 388 g/mol. The molecule has 0 amide bonds. The third kappa shape index (κ3) is 2.34. The van der Waals surface area contributed by atoms with Crippen molar-refractivity contribution in [2.24, 2.45) is 0 Å². The average molecular weight is 388 g/mol. The van der Waals surface area contributed by atoms with E-state index in [1.807, 2.05) is 6.07 Å². The highest BCUT2D eigenvalue weighted by atomic mass is 16.5. The smallest absolute Gasteiger partial charge is 0.292 e. The number of ether oxygens (including phenoxy) is 1. The zero-order valence-electron chi connectivity index (χ0n) is 16.9. The molecule has 0 radical (unpaired) electrons. The summed E-state index contributed by atoms with van der Waals surface area (Å²) in [4.78, 5) is 0. The largest absolute Gasteiger partial charge is 0.435 e. The summed E-state index contributed by atoms with van der Waals surface area (Å²) in [6.07, 6.45) is 2.20. The van der Waals surface area contributed by atoms with Crippen LogP contribution in [-0.4, -0.2) is 17.5 Å². The lowest BCUT2D eigenvalue weighted by Gasteiger charge is -2.31. The minimum Gasteiger partial charge on any atom is -0.435 e. The predicted octanol–water partition coefficient (Wildman–Crippen LogP) is 6.13. The number of benzene rings is 4. The summed E-state index contributed by atoms with van der Waals surface area (Å²) in [6, 6.07) is 34.4. The maximum atomic E-state index is 6.42. The van der Waals surface area contributed by atoms with Crippen LogP contribution in [0.4, 0.5) is 5.69 Å². The van der Waals surface area contributed by atoms with E-state index >= 15 is 0 Å². The van der Waals surface area contributed by atoms with E-state index in [1.54, 1.807) is 0 Å². The average Bonchev–Trinajstić information content (AvgIpc) is 3.09. The zero-order chi connectivity index (χ0) is 20.1. The number of para-hydroxylation sites is 2. The van der Waals surface area contributed by atoms with Crippen molar-refractivity contribution in [1.82, 2.24) is 0 Å². The fourth-order valence-corrected chi connectivity index (χ4v) is 5.06. The van der Waals surface area contributed by atoms with Gasteiger partial charge >= 0.3 is 0 Å². The molecule has 1 aliphatic heterocycles. The quantitative estimate of drug-likeness (QED) is 0.376. The molecule has 2 nitrogen and oxygen atoms in total. The Morgan fingerprint density at radius 3 is 1.97 bits per heavy atom. The van der Waals surface area contributed by atoms with Crippen molar-refractivity contribution in [3.8, 4) is 16.9 Å². The fourth-order valence-electron chi connectivity index (χ4n) is 5.06. The minimum atomic E-state index is -0.249. The van der Waals surface area contributed by atoms with E-state index in [0.29, 0.717) is 6.73 Å². The van der Waals surface area contributed by atoms with Gasteiger partial charge < -0.3 is 4.74 Å². The van der Waals surface area contributed by atoms with Gasteiger partial charge in [0.15, 0.2) is 6.21 Å². The standard InChI is InChI=1S/C28H22NO/c1-28(24-15-7-5-13-22(24)23-14-6-8-16-25(23)28)26-17-9-10-20-18-29(19-30-27(20)26)21-11-3-2-4-12-21/h2-18H,19H2,1H3/q+1. The van der Waals surface area contributed by atoms with Crippen LogP contribution < -0.4 is 4.74 Å². The SMILES string of the molecule is CC1(c2cccc3c2OC[N+](c2ccccc2)=C3)c2ccccc2-c2ccccc21. The number of nitrogens with zero attached hydrogens (tertiary/aromatic N) is 1. The lowest BCUT2D eigenvalue weighted by molar-refractivity contribution is -0.476. The molecule has 0 saturated carbocycles. The molecular formula is C28H22NO+. The van der Waals surface area contributed by atoms with Crippen LogP contribution in [0.2, 0.25) is 0 Å². The molecular weight excluding hydrogens is 366 g/mol. The van der Waals surface area contributed by atoms with E-state index in [2.05, 4.69) is 109 Å². The van der Waals surface area contributed by atoms with Crippen molar-refractivity contribution in [1.29, 1.82) is 0 Å². The Bertz CT molecular complexity index is 1260. The van der Waals surface area contributed by atoms with Gasteiger partial charge in [-0.25, -0.2) is 0 Å². The second kappa shape index (κ2) is 6.43. The van der Waals surface area contributed by atoms with Gasteiger partial charge in [-0.2, -0.15) is 4.58 Å². The van der Waals surface area contributed by atoms with Gasteiger partial charge in [-0.1, -0.05) is 78.9 Å². The first-order valence-electron chi connectivity index (χ1n) is 10.4. The van der Waals surface area contributed by atoms with Gasteiger partial charge in [0.25, 0.3) is 6.73 Å². The van der Waals surface area contributed by atoms with Crippen molar-refractivity contribution in [3.63, 3.8) is 0 Å². The predicted molar refractivity (Wildman–Crippen MR) is 121 cm³/mol. The summed E-state index contributed by atoms with van der Waals surface area (Å²) in [5, 5.41) is 0. The van der Waals surface area contributed by atoms with E-state index < -0.39 is 0 Å². The summed E-state index contributed by atoms with van der Waals surface area (Å²) in [5.74, 6) is 0.985. The summed E-state index contributed by atoms with van der Waals surface area (Å²) in [5.41, 5.74) is 8.55. The Kier molecular flexibility index (Phi) is 3.69. The molecule has 30 heavy (non-hydrogen) atoms.